The van der Waals surface area contributed by atoms with Crippen LogP contribution in [0.5, 0.6) is 11.5 Å². The van der Waals surface area contributed by atoms with Crippen LogP contribution in [0, 0.1) is 0 Å². The monoisotopic (exact) mass is 398 g/mol. The summed E-state index contributed by atoms with van der Waals surface area (Å²) in [5.74, 6) is 3.41. The van der Waals surface area contributed by atoms with Gasteiger partial charge in [-0.15, -0.1) is 0 Å². The van der Waals surface area contributed by atoms with Crippen LogP contribution in [0.15, 0.2) is 30.5 Å². The summed E-state index contributed by atoms with van der Waals surface area (Å²) < 4.78 is 10.9. The van der Waals surface area contributed by atoms with Crippen LogP contribution in [0.4, 0.5) is 11.8 Å². The molecular weight excluding hydrogens is 368 g/mol. The van der Waals surface area contributed by atoms with Crippen molar-refractivity contribution in [2.24, 2.45) is 0 Å². The van der Waals surface area contributed by atoms with Crippen molar-refractivity contribution in [1.29, 1.82) is 0 Å². The molecule has 156 valence electrons. The van der Waals surface area contributed by atoms with Crippen LogP contribution in [0.3, 0.4) is 0 Å². The third-order valence-electron chi connectivity index (χ3n) is 5.25. The standard InChI is InChI=1S/C21H30N6O2/c1-25(2)9-3-7-22-21-23-8-6-20(24-21)27-12-10-26(11-13-27)15-17-4-5-18-19(14-17)29-16-28-18/h4-6,8,14H,3,7,9-13,15-16H2,1-2H3,(H,22,23,24). The highest BCUT2D eigenvalue weighted by Crippen LogP contribution is 2.32. The molecule has 0 unspecified atom stereocenters. The maximum absolute atomic E-state index is 5.49. The lowest BCUT2D eigenvalue weighted by molar-refractivity contribution is 0.174. The first-order chi connectivity index (χ1) is 14.2. The smallest absolute Gasteiger partial charge is 0.231 e. The van der Waals surface area contributed by atoms with Crippen molar-refractivity contribution in [2.45, 2.75) is 13.0 Å². The quantitative estimate of drug-likeness (QED) is 0.677. The third kappa shape index (κ3) is 5.27. The predicted molar refractivity (Wildman–Crippen MR) is 114 cm³/mol. The van der Waals surface area contributed by atoms with Crippen LogP contribution in [0.1, 0.15) is 12.0 Å². The first kappa shape index (κ1) is 19.7. The maximum Gasteiger partial charge on any atom is 0.231 e. The Morgan fingerprint density at radius 1 is 1.07 bits per heavy atom. The van der Waals surface area contributed by atoms with E-state index in [0.717, 1.165) is 69.6 Å². The Morgan fingerprint density at radius 2 is 1.90 bits per heavy atom. The van der Waals surface area contributed by atoms with Gasteiger partial charge in [0.1, 0.15) is 5.82 Å². The fourth-order valence-corrected chi connectivity index (χ4v) is 3.64. The minimum atomic E-state index is 0.322. The summed E-state index contributed by atoms with van der Waals surface area (Å²) in [6.07, 6.45) is 2.91. The average Bonchev–Trinajstić information content (AvgIpc) is 3.20. The Balaban J connectivity index is 1.26. The number of nitrogens with zero attached hydrogens (tertiary/aromatic N) is 5. The van der Waals surface area contributed by atoms with Crippen LogP contribution >= 0.6 is 0 Å². The molecule has 0 aliphatic carbocycles. The molecule has 2 aromatic rings. The molecule has 0 spiro atoms. The van der Waals surface area contributed by atoms with Crippen LogP contribution in [-0.2, 0) is 6.54 Å². The van der Waals surface area contributed by atoms with E-state index in [-0.39, 0.29) is 0 Å². The van der Waals surface area contributed by atoms with Crippen LogP contribution in [0.25, 0.3) is 0 Å². The lowest BCUT2D eigenvalue weighted by atomic mass is 10.1. The highest BCUT2D eigenvalue weighted by molar-refractivity contribution is 5.45. The van der Waals surface area contributed by atoms with E-state index < -0.39 is 0 Å². The van der Waals surface area contributed by atoms with Gasteiger partial charge in [-0.25, -0.2) is 4.98 Å². The van der Waals surface area contributed by atoms with E-state index in [1.165, 1.54) is 5.56 Å². The number of nitrogens with one attached hydrogen (secondary N) is 1. The Kier molecular flexibility index (Phi) is 6.31. The number of anilines is 2. The molecule has 0 amide bonds. The Bertz CT molecular complexity index is 808. The second kappa shape index (κ2) is 9.28. The van der Waals surface area contributed by atoms with Gasteiger partial charge in [-0.3, -0.25) is 4.90 Å². The summed E-state index contributed by atoms with van der Waals surface area (Å²) >= 11 is 0. The Hall–Kier alpha value is -2.58. The van der Waals surface area contributed by atoms with E-state index in [0.29, 0.717) is 12.7 Å². The molecule has 2 aliphatic heterocycles. The number of piperazine rings is 1. The van der Waals surface area contributed by atoms with Gasteiger partial charge in [-0.1, -0.05) is 6.07 Å². The molecule has 0 saturated carbocycles. The van der Waals surface area contributed by atoms with Crippen LogP contribution in [-0.4, -0.2) is 79.9 Å². The fraction of sp³-hybridized carbons (Fsp3) is 0.524. The molecule has 1 aromatic carbocycles. The normalized spacial score (nSPS) is 16.4. The van der Waals surface area contributed by atoms with E-state index in [9.17, 15) is 0 Å². The SMILES string of the molecule is CN(C)CCCNc1nccc(N2CCN(Cc3ccc4c(c3)OCO4)CC2)n1. The van der Waals surface area contributed by atoms with Gasteiger partial charge in [-0.2, -0.15) is 4.98 Å². The molecule has 4 rings (SSSR count). The summed E-state index contributed by atoms with van der Waals surface area (Å²) in [7, 11) is 4.17. The molecule has 2 aliphatic rings. The van der Waals surface area contributed by atoms with E-state index in [4.69, 9.17) is 14.5 Å². The number of rotatable bonds is 8. The molecule has 29 heavy (non-hydrogen) atoms. The topological polar surface area (TPSA) is 66.0 Å². The Morgan fingerprint density at radius 3 is 2.72 bits per heavy atom. The number of hydrogen-bond donors (Lipinski definition) is 1. The Labute approximate surface area is 172 Å². The van der Waals surface area contributed by atoms with E-state index in [1.54, 1.807) is 0 Å². The fourth-order valence-electron chi connectivity index (χ4n) is 3.64. The lowest BCUT2D eigenvalue weighted by Gasteiger charge is -2.35. The van der Waals surface area contributed by atoms with E-state index in [2.05, 4.69) is 51.2 Å². The number of fused-ring (bicyclic) bond motifs is 1. The molecule has 1 saturated heterocycles. The third-order valence-corrected chi connectivity index (χ3v) is 5.25. The zero-order chi connectivity index (χ0) is 20.1. The highest BCUT2D eigenvalue weighted by Gasteiger charge is 2.20. The summed E-state index contributed by atoms with van der Waals surface area (Å²) in [4.78, 5) is 16.0. The summed E-state index contributed by atoms with van der Waals surface area (Å²) in [6.45, 7) is 7.11. The van der Waals surface area contributed by atoms with Gasteiger partial charge < -0.3 is 24.6 Å². The minimum Gasteiger partial charge on any atom is -0.454 e. The van der Waals surface area contributed by atoms with Crippen molar-refractivity contribution in [2.75, 3.05) is 70.4 Å². The lowest BCUT2D eigenvalue weighted by Crippen LogP contribution is -2.46. The van der Waals surface area contributed by atoms with Gasteiger partial charge in [0.2, 0.25) is 12.7 Å². The first-order valence-electron chi connectivity index (χ1n) is 10.2. The van der Waals surface area contributed by atoms with Crippen molar-refractivity contribution in [3.63, 3.8) is 0 Å². The average molecular weight is 399 g/mol. The highest BCUT2D eigenvalue weighted by atomic mass is 16.7. The van der Waals surface area contributed by atoms with Crippen molar-refractivity contribution in [3.05, 3.63) is 36.0 Å². The summed E-state index contributed by atoms with van der Waals surface area (Å²) in [6, 6.07) is 8.21. The molecule has 0 bridgehead atoms. The zero-order valence-electron chi connectivity index (χ0n) is 17.3. The zero-order valence-corrected chi connectivity index (χ0v) is 17.3. The second-order valence-electron chi connectivity index (χ2n) is 7.77. The minimum absolute atomic E-state index is 0.322. The predicted octanol–water partition coefficient (Wildman–Crippen LogP) is 1.89. The second-order valence-corrected chi connectivity index (χ2v) is 7.77. The van der Waals surface area contributed by atoms with Gasteiger partial charge in [0.15, 0.2) is 11.5 Å². The van der Waals surface area contributed by atoms with Crippen LogP contribution in [0.2, 0.25) is 0 Å². The van der Waals surface area contributed by atoms with Crippen molar-refractivity contribution < 1.29 is 9.47 Å². The maximum atomic E-state index is 5.49. The van der Waals surface area contributed by atoms with Crippen LogP contribution < -0.4 is 19.7 Å². The van der Waals surface area contributed by atoms with Crippen molar-refractivity contribution >= 4 is 11.8 Å². The molecule has 0 radical (unpaired) electrons. The number of ether oxygens (including phenoxy) is 2. The molecule has 1 fully saturated rings. The summed E-state index contributed by atoms with van der Waals surface area (Å²) in [5.41, 5.74) is 1.26. The molecule has 3 heterocycles. The van der Waals surface area contributed by atoms with Crippen molar-refractivity contribution in [1.82, 2.24) is 19.8 Å². The van der Waals surface area contributed by atoms with Gasteiger partial charge >= 0.3 is 0 Å². The van der Waals surface area contributed by atoms with Gasteiger partial charge in [0, 0.05) is 45.5 Å². The number of aromatic nitrogens is 2. The van der Waals surface area contributed by atoms with Gasteiger partial charge in [-0.05, 0) is 50.8 Å². The number of benzene rings is 1. The molecule has 1 N–H and O–H groups in total. The molecule has 1 aromatic heterocycles. The molecule has 0 atom stereocenters. The van der Waals surface area contributed by atoms with Gasteiger partial charge in [0.05, 0.1) is 0 Å². The molecule has 8 nitrogen and oxygen atoms in total. The van der Waals surface area contributed by atoms with E-state index in [1.807, 2.05) is 18.3 Å². The first-order valence-corrected chi connectivity index (χ1v) is 10.2. The van der Waals surface area contributed by atoms with E-state index >= 15 is 0 Å². The largest absolute Gasteiger partial charge is 0.454 e. The number of hydrogen-bond acceptors (Lipinski definition) is 8. The molecule has 8 heteroatoms. The molecular formula is C21H30N6O2. The summed E-state index contributed by atoms with van der Waals surface area (Å²) in [5, 5.41) is 3.33. The van der Waals surface area contributed by atoms with Crippen molar-refractivity contribution in [3.8, 4) is 11.5 Å². The van der Waals surface area contributed by atoms with Gasteiger partial charge in [0.25, 0.3) is 0 Å².